The minimum Gasteiger partial charge on any atom is -0.379 e. The van der Waals surface area contributed by atoms with Crippen LogP contribution in [0.5, 0.6) is 0 Å². The number of rotatable bonds is 6. The molecule has 0 aliphatic heterocycles. The molecule has 3 heteroatoms. The summed E-state index contributed by atoms with van der Waals surface area (Å²) in [5, 5.41) is 7.90. The van der Waals surface area contributed by atoms with Gasteiger partial charge in [-0.15, -0.1) is 0 Å². The highest BCUT2D eigenvalue weighted by Gasteiger charge is 2.03. The number of aryl methyl sites for hydroxylation is 3. The van der Waals surface area contributed by atoms with Gasteiger partial charge in [-0.1, -0.05) is 32.4 Å². The van der Waals surface area contributed by atoms with Crippen LogP contribution in [0.25, 0.3) is 0 Å². The first-order valence-electron chi connectivity index (χ1n) is 7.07. The van der Waals surface area contributed by atoms with E-state index >= 15 is 0 Å². The third-order valence-electron chi connectivity index (χ3n) is 3.36. The first-order chi connectivity index (χ1) is 9.22. The molecule has 2 aromatic rings. The first kappa shape index (κ1) is 13.7. The summed E-state index contributed by atoms with van der Waals surface area (Å²) in [5.41, 5.74) is 4.94. The smallest absolute Gasteiger partial charge is 0.0625 e. The summed E-state index contributed by atoms with van der Waals surface area (Å²) >= 11 is 0. The second kappa shape index (κ2) is 6.41. The van der Waals surface area contributed by atoms with Crippen molar-refractivity contribution < 1.29 is 0 Å². The third kappa shape index (κ3) is 3.60. The molecular weight excluding hydrogens is 234 g/mol. The SMILES string of the molecule is CCCc1ccc(NCc2cc(CC)nn2C)cc1. The lowest BCUT2D eigenvalue weighted by atomic mass is 10.1. The van der Waals surface area contributed by atoms with Gasteiger partial charge in [-0.3, -0.25) is 4.68 Å². The highest BCUT2D eigenvalue weighted by molar-refractivity contribution is 5.44. The van der Waals surface area contributed by atoms with Gasteiger partial charge < -0.3 is 5.32 Å². The van der Waals surface area contributed by atoms with Crippen LogP contribution in [-0.4, -0.2) is 9.78 Å². The standard InChI is InChI=1S/C16H23N3/c1-4-6-13-7-9-15(10-8-13)17-12-16-11-14(5-2)18-19(16)3/h7-11,17H,4-6,12H2,1-3H3. The van der Waals surface area contributed by atoms with Crippen LogP contribution in [0.15, 0.2) is 30.3 Å². The normalized spacial score (nSPS) is 10.7. The molecule has 102 valence electrons. The Morgan fingerprint density at radius 3 is 2.47 bits per heavy atom. The predicted octanol–water partition coefficient (Wildman–Crippen LogP) is 3.55. The molecule has 0 fully saturated rings. The molecule has 0 amide bonds. The van der Waals surface area contributed by atoms with Gasteiger partial charge in [-0.2, -0.15) is 5.10 Å². The second-order valence-electron chi connectivity index (χ2n) is 4.90. The fourth-order valence-corrected chi connectivity index (χ4v) is 2.18. The van der Waals surface area contributed by atoms with Gasteiger partial charge in [0.25, 0.3) is 0 Å². The summed E-state index contributed by atoms with van der Waals surface area (Å²) in [6.45, 7) is 5.16. The van der Waals surface area contributed by atoms with Crippen LogP contribution in [-0.2, 0) is 26.4 Å². The summed E-state index contributed by atoms with van der Waals surface area (Å²) in [5.74, 6) is 0. The van der Waals surface area contributed by atoms with Gasteiger partial charge in [0.15, 0.2) is 0 Å². The van der Waals surface area contributed by atoms with Crippen LogP contribution < -0.4 is 5.32 Å². The molecule has 1 N–H and O–H groups in total. The Hall–Kier alpha value is -1.77. The van der Waals surface area contributed by atoms with Crippen molar-refractivity contribution in [2.75, 3.05) is 5.32 Å². The molecule has 19 heavy (non-hydrogen) atoms. The Balaban J connectivity index is 1.95. The monoisotopic (exact) mass is 257 g/mol. The van der Waals surface area contributed by atoms with E-state index < -0.39 is 0 Å². The van der Waals surface area contributed by atoms with Crippen LogP contribution in [0.2, 0.25) is 0 Å². The van der Waals surface area contributed by atoms with Gasteiger partial charge in [0.2, 0.25) is 0 Å². The highest BCUT2D eigenvalue weighted by Crippen LogP contribution is 2.13. The molecule has 0 saturated heterocycles. The number of hydrogen-bond donors (Lipinski definition) is 1. The third-order valence-corrected chi connectivity index (χ3v) is 3.36. The number of nitrogens with zero attached hydrogens (tertiary/aromatic N) is 2. The van der Waals surface area contributed by atoms with Crippen molar-refractivity contribution in [1.29, 1.82) is 0 Å². The Morgan fingerprint density at radius 1 is 1.16 bits per heavy atom. The average Bonchev–Trinajstić information content (AvgIpc) is 2.79. The Morgan fingerprint density at radius 2 is 1.89 bits per heavy atom. The van der Waals surface area contributed by atoms with Crippen LogP contribution in [0, 0.1) is 0 Å². The molecule has 1 heterocycles. The van der Waals surface area contributed by atoms with Crippen molar-refractivity contribution in [1.82, 2.24) is 9.78 Å². The van der Waals surface area contributed by atoms with Crippen molar-refractivity contribution in [3.05, 3.63) is 47.3 Å². The van der Waals surface area contributed by atoms with E-state index in [9.17, 15) is 0 Å². The molecule has 3 nitrogen and oxygen atoms in total. The first-order valence-corrected chi connectivity index (χ1v) is 7.07. The number of aromatic nitrogens is 2. The van der Waals surface area contributed by atoms with Crippen molar-refractivity contribution in [2.24, 2.45) is 7.05 Å². The summed E-state index contributed by atoms with van der Waals surface area (Å²) in [7, 11) is 2.00. The van der Waals surface area contributed by atoms with E-state index in [1.807, 2.05) is 11.7 Å². The lowest BCUT2D eigenvalue weighted by Gasteiger charge is -2.07. The second-order valence-corrected chi connectivity index (χ2v) is 4.90. The van der Waals surface area contributed by atoms with Gasteiger partial charge in [0, 0.05) is 12.7 Å². The molecule has 1 aromatic carbocycles. The summed E-state index contributed by atoms with van der Waals surface area (Å²) in [6.07, 6.45) is 3.34. The quantitative estimate of drug-likeness (QED) is 0.857. The molecule has 1 aromatic heterocycles. The van der Waals surface area contributed by atoms with E-state index in [0.29, 0.717) is 0 Å². The maximum Gasteiger partial charge on any atom is 0.0625 e. The van der Waals surface area contributed by atoms with Crippen molar-refractivity contribution in [3.8, 4) is 0 Å². The van der Waals surface area contributed by atoms with Crippen LogP contribution in [0.1, 0.15) is 37.2 Å². The lowest BCUT2D eigenvalue weighted by molar-refractivity contribution is 0.707. The number of nitrogens with one attached hydrogen (secondary N) is 1. The molecule has 0 aliphatic carbocycles. The fourth-order valence-electron chi connectivity index (χ4n) is 2.18. The van der Waals surface area contributed by atoms with Crippen molar-refractivity contribution in [2.45, 2.75) is 39.7 Å². The van der Waals surface area contributed by atoms with Crippen molar-refractivity contribution >= 4 is 5.69 Å². The van der Waals surface area contributed by atoms with Crippen LogP contribution >= 0.6 is 0 Å². The molecule has 0 saturated carbocycles. The maximum atomic E-state index is 4.46. The Labute approximate surface area is 115 Å². The highest BCUT2D eigenvalue weighted by atomic mass is 15.3. The summed E-state index contributed by atoms with van der Waals surface area (Å²) in [6, 6.07) is 10.9. The number of hydrogen-bond acceptors (Lipinski definition) is 2. The van der Waals surface area contributed by atoms with E-state index in [1.165, 1.54) is 23.4 Å². The molecule has 0 spiro atoms. The Kier molecular flexibility index (Phi) is 4.61. The fraction of sp³-hybridized carbons (Fsp3) is 0.438. The number of benzene rings is 1. The minimum absolute atomic E-state index is 0.816. The maximum absolute atomic E-state index is 4.46. The summed E-state index contributed by atoms with van der Waals surface area (Å²) in [4.78, 5) is 0. The molecular formula is C16H23N3. The van der Waals surface area contributed by atoms with E-state index in [0.717, 1.165) is 25.1 Å². The van der Waals surface area contributed by atoms with Gasteiger partial charge in [0.1, 0.15) is 0 Å². The van der Waals surface area contributed by atoms with E-state index in [-0.39, 0.29) is 0 Å². The van der Waals surface area contributed by atoms with Gasteiger partial charge >= 0.3 is 0 Å². The molecule has 0 aliphatic rings. The summed E-state index contributed by atoms with van der Waals surface area (Å²) < 4.78 is 1.96. The zero-order valence-corrected chi connectivity index (χ0v) is 12.1. The van der Waals surface area contributed by atoms with Crippen LogP contribution in [0.3, 0.4) is 0 Å². The van der Waals surface area contributed by atoms with Gasteiger partial charge in [0.05, 0.1) is 17.9 Å². The minimum atomic E-state index is 0.816. The van der Waals surface area contributed by atoms with Crippen molar-refractivity contribution in [3.63, 3.8) is 0 Å². The van der Waals surface area contributed by atoms with Gasteiger partial charge in [-0.05, 0) is 36.6 Å². The average molecular weight is 257 g/mol. The van der Waals surface area contributed by atoms with E-state index in [2.05, 4.69) is 54.6 Å². The lowest BCUT2D eigenvalue weighted by Crippen LogP contribution is -2.05. The Bertz CT molecular complexity index is 511. The number of anilines is 1. The predicted molar refractivity (Wildman–Crippen MR) is 80.3 cm³/mol. The topological polar surface area (TPSA) is 29.9 Å². The molecule has 0 atom stereocenters. The van der Waals surface area contributed by atoms with E-state index in [1.54, 1.807) is 0 Å². The van der Waals surface area contributed by atoms with E-state index in [4.69, 9.17) is 0 Å². The molecule has 2 rings (SSSR count). The zero-order valence-electron chi connectivity index (χ0n) is 12.1. The van der Waals surface area contributed by atoms with Gasteiger partial charge in [-0.25, -0.2) is 0 Å². The van der Waals surface area contributed by atoms with Crippen LogP contribution in [0.4, 0.5) is 5.69 Å². The largest absolute Gasteiger partial charge is 0.379 e. The zero-order chi connectivity index (χ0) is 13.7. The molecule has 0 radical (unpaired) electrons. The molecule has 0 unspecified atom stereocenters. The molecule has 0 bridgehead atoms.